The van der Waals surface area contributed by atoms with E-state index in [0.29, 0.717) is 6.04 Å². The number of oxime groups is 1. The number of amidine groups is 1. The predicted molar refractivity (Wildman–Crippen MR) is 87.5 cm³/mol. The van der Waals surface area contributed by atoms with E-state index in [9.17, 15) is 0 Å². The fourth-order valence-electron chi connectivity index (χ4n) is 1.96. The topological polar surface area (TPSA) is 61.8 Å². The van der Waals surface area contributed by atoms with Crippen molar-refractivity contribution in [2.45, 2.75) is 19.4 Å². The van der Waals surface area contributed by atoms with Crippen LogP contribution < -0.4 is 10.6 Å². The molecule has 0 heterocycles. The Morgan fingerprint density at radius 3 is 2.79 bits per heavy atom. The summed E-state index contributed by atoms with van der Waals surface area (Å²) in [5, 5.41) is 12.0. The summed E-state index contributed by atoms with van der Waals surface area (Å²) < 4.78 is 0.975. The Hall–Kier alpha value is -0.880. The minimum atomic E-state index is 0.133. The van der Waals surface area contributed by atoms with Gasteiger partial charge in [0.25, 0.3) is 0 Å². The molecular formula is C13H20BrN3OS. The molecule has 1 unspecified atom stereocenters. The van der Waals surface area contributed by atoms with E-state index in [0.717, 1.165) is 27.9 Å². The number of hydrogen-bond donors (Lipinski definition) is 2. The molecule has 106 valence electrons. The normalized spacial score (nSPS) is 13.4. The summed E-state index contributed by atoms with van der Waals surface area (Å²) in [6, 6.07) is 6.16. The second kappa shape index (κ2) is 7.65. The number of nitrogens with zero attached hydrogens (tertiary/aromatic N) is 2. The molecule has 3 N–H and O–H groups in total. The summed E-state index contributed by atoms with van der Waals surface area (Å²) in [5.41, 5.74) is 7.46. The molecule has 6 heteroatoms. The second-order valence-electron chi connectivity index (χ2n) is 4.28. The quantitative estimate of drug-likeness (QED) is 0.360. The SMILES string of the molecule is CCC(CSC)N(C)c1cc(Br)ccc1/C(N)=N/O. The van der Waals surface area contributed by atoms with Gasteiger partial charge in [0.15, 0.2) is 5.84 Å². The van der Waals surface area contributed by atoms with E-state index in [1.54, 1.807) is 0 Å². The van der Waals surface area contributed by atoms with Crippen molar-refractivity contribution >= 4 is 39.2 Å². The molecule has 0 bridgehead atoms. The minimum absolute atomic E-state index is 0.133. The Balaban J connectivity index is 3.19. The maximum absolute atomic E-state index is 8.89. The zero-order valence-electron chi connectivity index (χ0n) is 11.4. The summed E-state index contributed by atoms with van der Waals surface area (Å²) in [7, 11) is 2.04. The molecule has 1 atom stereocenters. The monoisotopic (exact) mass is 345 g/mol. The molecule has 0 radical (unpaired) electrons. The molecule has 0 aliphatic carbocycles. The molecule has 1 aromatic rings. The van der Waals surface area contributed by atoms with Crippen molar-refractivity contribution < 1.29 is 5.21 Å². The fraction of sp³-hybridized carbons (Fsp3) is 0.462. The highest BCUT2D eigenvalue weighted by Gasteiger charge is 2.18. The lowest BCUT2D eigenvalue weighted by Crippen LogP contribution is -2.34. The van der Waals surface area contributed by atoms with Crippen molar-refractivity contribution in [3.63, 3.8) is 0 Å². The van der Waals surface area contributed by atoms with E-state index in [4.69, 9.17) is 10.9 Å². The highest BCUT2D eigenvalue weighted by molar-refractivity contribution is 9.10. The molecule has 0 aliphatic heterocycles. The fourth-order valence-corrected chi connectivity index (χ4v) is 3.15. The average Bonchev–Trinajstić information content (AvgIpc) is 2.43. The van der Waals surface area contributed by atoms with Crippen molar-refractivity contribution in [3.8, 4) is 0 Å². The van der Waals surface area contributed by atoms with Crippen molar-refractivity contribution in [1.82, 2.24) is 0 Å². The molecule has 0 aliphatic rings. The zero-order chi connectivity index (χ0) is 14.4. The van der Waals surface area contributed by atoms with Crippen LogP contribution in [0.25, 0.3) is 0 Å². The predicted octanol–water partition coefficient (Wildman–Crippen LogP) is 3.12. The zero-order valence-corrected chi connectivity index (χ0v) is 13.8. The van der Waals surface area contributed by atoms with Gasteiger partial charge in [0.1, 0.15) is 0 Å². The van der Waals surface area contributed by atoms with Crippen LogP contribution in [0, 0.1) is 0 Å². The van der Waals surface area contributed by atoms with Gasteiger partial charge in [0.05, 0.1) is 0 Å². The van der Waals surface area contributed by atoms with Gasteiger partial charge in [-0.2, -0.15) is 11.8 Å². The Bertz CT molecular complexity index is 454. The third-order valence-electron chi connectivity index (χ3n) is 3.10. The lowest BCUT2D eigenvalue weighted by molar-refractivity contribution is 0.318. The number of thioether (sulfide) groups is 1. The maximum atomic E-state index is 8.89. The lowest BCUT2D eigenvalue weighted by atomic mass is 10.1. The highest BCUT2D eigenvalue weighted by Crippen LogP contribution is 2.27. The van der Waals surface area contributed by atoms with Crippen LogP contribution in [0.5, 0.6) is 0 Å². The first-order valence-electron chi connectivity index (χ1n) is 6.04. The summed E-state index contributed by atoms with van der Waals surface area (Å²) in [6.07, 6.45) is 3.14. The van der Waals surface area contributed by atoms with Gasteiger partial charge in [-0.15, -0.1) is 0 Å². The first kappa shape index (κ1) is 16.2. The van der Waals surface area contributed by atoms with E-state index in [-0.39, 0.29) is 5.84 Å². The highest BCUT2D eigenvalue weighted by atomic mass is 79.9. The van der Waals surface area contributed by atoms with Crippen LogP contribution in [0.1, 0.15) is 18.9 Å². The van der Waals surface area contributed by atoms with Crippen LogP contribution >= 0.6 is 27.7 Å². The van der Waals surface area contributed by atoms with Gasteiger partial charge >= 0.3 is 0 Å². The van der Waals surface area contributed by atoms with Crippen LogP contribution in [-0.4, -0.2) is 36.1 Å². The molecule has 0 saturated heterocycles. The molecule has 1 rings (SSSR count). The number of rotatable bonds is 6. The minimum Gasteiger partial charge on any atom is -0.409 e. The number of hydrogen-bond acceptors (Lipinski definition) is 4. The summed E-state index contributed by atoms with van der Waals surface area (Å²) in [4.78, 5) is 2.19. The van der Waals surface area contributed by atoms with Crippen LogP contribution in [0.15, 0.2) is 27.8 Å². The first-order chi connectivity index (χ1) is 9.04. The van der Waals surface area contributed by atoms with Gasteiger partial charge in [-0.05, 0) is 30.9 Å². The number of halogens is 1. The van der Waals surface area contributed by atoms with E-state index in [1.807, 2.05) is 37.0 Å². The average molecular weight is 346 g/mol. The summed E-state index contributed by atoms with van der Waals surface area (Å²) in [6.45, 7) is 2.17. The molecule has 1 aromatic carbocycles. The van der Waals surface area contributed by atoms with Crippen LogP contribution in [0.3, 0.4) is 0 Å². The molecule has 0 fully saturated rings. The summed E-state index contributed by atoms with van der Waals surface area (Å²) in [5.74, 6) is 1.17. The van der Waals surface area contributed by atoms with Crippen LogP contribution in [0.4, 0.5) is 5.69 Å². The maximum Gasteiger partial charge on any atom is 0.172 e. The Labute approximate surface area is 127 Å². The number of nitrogens with two attached hydrogens (primary N) is 1. The van der Waals surface area contributed by atoms with Crippen molar-refractivity contribution in [2.24, 2.45) is 10.9 Å². The first-order valence-corrected chi connectivity index (χ1v) is 8.23. The Morgan fingerprint density at radius 1 is 1.58 bits per heavy atom. The van der Waals surface area contributed by atoms with Gasteiger partial charge in [0.2, 0.25) is 0 Å². The Morgan fingerprint density at radius 2 is 2.26 bits per heavy atom. The largest absolute Gasteiger partial charge is 0.409 e. The molecule has 4 nitrogen and oxygen atoms in total. The Kier molecular flexibility index (Phi) is 6.51. The number of anilines is 1. The van der Waals surface area contributed by atoms with Gasteiger partial charge in [-0.1, -0.05) is 28.0 Å². The van der Waals surface area contributed by atoms with E-state index >= 15 is 0 Å². The van der Waals surface area contributed by atoms with E-state index in [1.165, 1.54) is 0 Å². The van der Waals surface area contributed by atoms with Gasteiger partial charge in [0, 0.05) is 34.6 Å². The van der Waals surface area contributed by atoms with Crippen LogP contribution in [0.2, 0.25) is 0 Å². The molecule has 0 saturated carbocycles. The second-order valence-corrected chi connectivity index (χ2v) is 6.10. The molecule has 19 heavy (non-hydrogen) atoms. The molecular weight excluding hydrogens is 326 g/mol. The van der Waals surface area contributed by atoms with Crippen molar-refractivity contribution in [1.29, 1.82) is 0 Å². The molecule has 0 amide bonds. The van der Waals surface area contributed by atoms with Gasteiger partial charge in [-0.25, -0.2) is 0 Å². The standard InChI is InChI=1S/C13H20BrN3OS/c1-4-10(8-19-3)17(2)12-7-9(14)5-6-11(12)13(15)16-18/h5-7,10,18H,4,8H2,1-3H3,(H2,15,16). The van der Waals surface area contributed by atoms with Crippen LogP contribution in [-0.2, 0) is 0 Å². The van der Waals surface area contributed by atoms with E-state index < -0.39 is 0 Å². The summed E-state index contributed by atoms with van der Waals surface area (Å²) >= 11 is 5.29. The van der Waals surface area contributed by atoms with Gasteiger partial charge < -0.3 is 15.8 Å². The molecule has 0 spiro atoms. The third-order valence-corrected chi connectivity index (χ3v) is 4.31. The van der Waals surface area contributed by atoms with Gasteiger partial charge in [-0.3, -0.25) is 0 Å². The molecule has 0 aromatic heterocycles. The van der Waals surface area contributed by atoms with Crippen molar-refractivity contribution in [3.05, 3.63) is 28.2 Å². The smallest absolute Gasteiger partial charge is 0.172 e. The number of benzene rings is 1. The lowest BCUT2D eigenvalue weighted by Gasteiger charge is -2.30. The van der Waals surface area contributed by atoms with E-state index in [2.05, 4.69) is 39.2 Å². The van der Waals surface area contributed by atoms with Crippen molar-refractivity contribution in [2.75, 3.05) is 24.0 Å². The third kappa shape index (κ3) is 4.04.